The van der Waals surface area contributed by atoms with Gasteiger partial charge in [-0.05, 0) is 44.6 Å². The van der Waals surface area contributed by atoms with Crippen molar-refractivity contribution in [1.82, 2.24) is 5.32 Å². The van der Waals surface area contributed by atoms with Crippen molar-refractivity contribution in [2.75, 3.05) is 20.3 Å². The van der Waals surface area contributed by atoms with Crippen LogP contribution < -0.4 is 5.32 Å². The number of ether oxygens (including phenoxy) is 1. The Kier molecular flexibility index (Phi) is 4.45. The molecule has 0 heterocycles. The summed E-state index contributed by atoms with van der Waals surface area (Å²) in [4.78, 5) is 0. The summed E-state index contributed by atoms with van der Waals surface area (Å²) in [6.45, 7) is 1.93. The summed E-state index contributed by atoms with van der Waals surface area (Å²) < 4.78 is 5.86. The number of hydrogen-bond donors (Lipinski definition) is 1. The summed E-state index contributed by atoms with van der Waals surface area (Å²) in [5.74, 6) is 1.76. The molecule has 0 aliphatic heterocycles. The molecule has 2 nitrogen and oxygen atoms in total. The predicted molar refractivity (Wildman–Crippen MR) is 63.0 cm³/mol. The van der Waals surface area contributed by atoms with E-state index in [0.717, 1.165) is 25.0 Å². The van der Waals surface area contributed by atoms with Crippen molar-refractivity contribution in [1.29, 1.82) is 0 Å². The van der Waals surface area contributed by atoms with Gasteiger partial charge in [-0.2, -0.15) is 0 Å². The molecule has 2 saturated carbocycles. The summed E-state index contributed by atoms with van der Waals surface area (Å²) in [7, 11) is 2.06. The standard InChI is InChI=1S/C13H25NO/c1-14-13(12-7-8-12)10-15-9-11-5-3-2-4-6-11/h11-14H,2-10H2,1H3. The van der Waals surface area contributed by atoms with E-state index in [2.05, 4.69) is 12.4 Å². The summed E-state index contributed by atoms with van der Waals surface area (Å²) in [6, 6.07) is 0.619. The van der Waals surface area contributed by atoms with Crippen molar-refractivity contribution >= 4 is 0 Å². The van der Waals surface area contributed by atoms with E-state index < -0.39 is 0 Å². The molecule has 88 valence electrons. The maximum Gasteiger partial charge on any atom is 0.0622 e. The zero-order valence-electron chi connectivity index (χ0n) is 10.0. The minimum Gasteiger partial charge on any atom is -0.380 e. The van der Waals surface area contributed by atoms with E-state index in [4.69, 9.17) is 4.74 Å². The molecule has 0 aromatic rings. The van der Waals surface area contributed by atoms with Gasteiger partial charge in [0.1, 0.15) is 0 Å². The Hall–Kier alpha value is -0.0800. The molecule has 0 aromatic carbocycles. The third kappa shape index (κ3) is 3.76. The second-order valence-electron chi connectivity index (χ2n) is 5.27. The van der Waals surface area contributed by atoms with Gasteiger partial charge in [0.15, 0.2) is 0 Å². The average Bonchev–Trinajstić information content (AvgIpc) is 3.10. The molecule has 0 spiro atoms. The Bertz CT molecular complexity index is 173. The Morgan fingerprint density at radius 1 is 1.13 bits per heavy atom. The molecule has 0 saturated heterocycles. The fourth-order valence-electron chi connectivity index (χ4n) is 2.67. The SMILES string of the molecule is CNC(COCC1CCCCC1)C1CC1. The lowest BCUT2D eigenvalue weighted by Crippen LogP contribution is -2.33. The fourth-order valence-corrected chi connectivity index (χ4v) is 2.67. The van der Waals surface area contributed by atoms with E-state index in [0.29, 0.717) is 6.04 Å². The van der Waals surface area contributed by atoms with Gasteiger partial charge >= 0.3 is 0 Å². The fraction of sp³-hybridized carbons (Fsp3) is 1.00. The minimum absolute atomic E-state index is 0.619. The topological polar surface area (TPSA) is 21.3 Å². The van der Waals surface area contributed by atoms with E-state index in [1.54, 1.807) is 0 Å². The number of nitrogens with one attached hydrogen (secondary N) is 1. The zero-order chi connectivity index (χ0) is 10.5. The molecule has 0 bridgehead atoms. The Morgan fingerprint density at radius 2 is 1.87 bits per heavy atom. The highest BCUT2D eigenvalue weighted by molar-refractivity contribution is 4.85. The molecule has 2 rings (SSSR count). The highest BCUT2D eigenvalue weighted by Gasteiger charge is 2.30. The van der Waals surface area contributed by atoms with Crippen molar-refractivity contribution in [2.24, 2.45) is 11.8 Å². The first-order valence-electron chi connectivity index (χ1n) is 6.65. The van der Waals surface area contributed by atoms with Gasteiger partial charge in [0.25, 0.3) is 0 Å². The van der Waals surface area contributed by atoms with Gasteiger partial charge in [-0.15, -0.1) is 0 Å². The lowest BCUT2D eigenvalue weighted by Gasteiger charge is -2.23. The predicted octanol–water partition coefficient (Wildman–Crippen LogP) is 2.58. The van der Waals surface area contributed by atoms with Gasteiger partial charge in [-0.3, -0.25) is 0 Å². The van der Waals surface area contributed by atoms with E-state index in [9.17, 15) is 0 Å². The van der Waals surface area contributed by atoms with Gasteiger partial charge in [0.05, 0.1) is 6.61 Å². The molecule has 1 N–H and O–H groups in total. The first kappa shape index (κ1) is 11.4. The molecule has 1 unspecified atom stereocenters. The maximum atomic E-state index is 5.86. The summed E-state index contributed by atoms with van der Waals surface area (Å²) in [5.41, 5.74) is 0. The van der Waals surface area contributed by atoms with Crippen molar-refractivity contribution < 1.29 is 4.74 Å². The van der Waals surface area contributed by atoms with Gasteiger partial charge in [0.2, 0.25) is 0 Å². The molecular weight excluding hydrogens is 186 g/mol. The smallest absolute Gasteiger partial charge is 0.0622 e. The monoisotopic (exact) mass is 211 g/mol. The third-order valence-corrected chi connectivity index (χ3v) is 3.94. The highest BCUT2D eigenvalue weighted by atomic mass is 16.5. The van der Waals surface area contributed by atoms with E-state index in [-0.39, 0.29) is 0 Å². The maximum absolute atomic E-state index is 5.86. The van der Waals surface area contributed by atoms with Crippen LogP contribution in [-0.2, 0) is 4.74 Å². The molecule has 0 amide bonds. The van der Waals surface area contributed by atoms with Crippen LogP contribution >= 0.6 is 0 Å². The van der Waals surface area contributed by atoms with E-state index in [1.807, 2.05) is 0 Å². The van der Waals surface area contributed by atoms with Crippen LogP contribution in [0, 0.1) is 11.8 Å². The first-order valence-corrected chi connectivity index (χ1v) is 6.65. The zero-order valence-corrected chi connectivity index (χ0v) is 10.0. The normalized spacial score (nSPS) is 25.4. The summed E-state index contributed by atoms with van der Waals surface area (Å²) in [6.07, 6.45) is 9.88. The van der Waals surface area contributed by atoms with Crippen molar-refractivity contribution in [3.63, 3.8) is 0 Å². The van der Waals surface area contributed by atoms with Crippen molar-refractivity contribution in [3.05, 3.63) is 0 Å². The van der Waals surface area contributed by atoms with Gasteiger partial charge < -0.3 is 10.1 Å². The number of rotatable bonds is 6. The van der Waals surface area contributed by atoms with Gasteiger partial charge in [0, 0.05) is 12.6 Å². The Labute approximate surface area is 93.8 Å². The largest absolute Gasteiger partial charge is 0.380 e. The molecule has 2 heteroatoms. The van der Waals surface area contributed by atoms with Crippen LogP contribution in [0.25, 0.3) is 0 Å². The molecule has 2 aliphatic carbocycles. The quantitative estimate of drug-likeness (QED) is 0.729. The molecule has 0 aromatic heterocycles. The van der Waals surface area contributed by atoms with Crippen LogP contribution in [0.1, 0.15) is 44.9 Å². The average molecular weight is 211 g/mol. The molecule has 0 radical (unpaired) electrons. The lowest BCUT2D eigenvalue weighted by atomic mass is 9.90. The number of hydrogen-bond acceptors (Lipinski definition) is 2. The van der Waals surface area contributed by atoms with Crippen LogP contribution in [0.15, 0.2) is 0 Å². The Balaban J connectivity index is 1.56. The van der Waals surface area contributed by atoms with Crippen LogP contribution in [0.3, 0.4) is 0 Å². The molecule has 15 heavy (non-hydrogen) atoms. The van der Waals surface area contributed by atoms with Gasteiger partial charge in [-0.25, -0.2) is 0 Å². The molecule has 2 aliphatic rings. The summed E-state index contributed by atoms with van der Waals surface area (Å²) in [5, 5.41) is 3.38. The molecule has 1 atom stereocenters. The number of likely N-dealkylation sites (N-methyl/N-ethyl adjacent to an activating group) is 1. The van der Waals surface area contributed by atoms with Crippen LogP contribution in [-0.4, -0.2) is 26.3 Å². The molecule has 2 fully saturated rings. The van der Waals surface area contributed by atoms with Crippen molar-refractivity contribution in [2.45, 2.75) is 51.0 Å². The van der Waals surface area contributed by atoms with Gasteiger partial charge in [-0.1, -0.05) is 19.3 Å². The van der Waals surface area contributed by atoms with Crippen LogP contribution in [0.2, 0.25) is 0 Å². The van der Waals surface area contributed by atoms with Crippen LogP contribution in [0.5, 0.6) is 0 Å². The lowest BCUT2D eigenvalue weighted by molar-refractivity contribution is 0.0669. The second-order valence-corrected chi connectivity index (χ2v) is 5.27. The Morgan fingerprint density at radius 3 is 2.47 bits per heavy atom. The summed E-state index contributed by atoms with van der Waals surface area (Å²) >= 11 is 0. The third-order valence-electron chi connectivity index (χ3n) is 3.94. The first-order chi connectivity index (χ1) is 7.40. The highest BCUT2D eigenvalue weighted by Crippen LogP contribution is 2.32. The van der Waals surface area contributed by atoms with E-state index >= 15 is 0 Å². The minimum atomic E-state index is 0.619. The van der Waals surface area contributed by atoms with Crippen molar-refractivity contribution in [3.8, 4) is 0 Å². The molecular formula is C13H25NO. The van der Waals surface area contributed by atoms with Crippen LogP contribution in [0.4, 0.5) is 0 Å². The second kappa shape index (κ2) is 5.86. The van der Waals surface area contributed by atoms with E-state index in [1.165, 1.54) is 44.9 Å².